The highest BCUT2D eigenvalue weighted by molar-refractivity contribution is 5.70. The van der Waals surface area contributed by atoms with Crippen molar-refractivity contribution in [3.63, 3.8) is 0 Å². The number of rotatable bonds is 3. The lowest BCUT2D eigenvalue weighted by Gasteiger charge is -2.31. The predicted molar refractivity (Wildman–Crippen MR) is 84.4 cm³/mol. The molecule has 1 radical (unpaired) electrons. The van der Waals surface area contributed by atoms with Crippen LogP contribution in [0.25, 0.3) is 0 Å². The zero-order chi connectivity index (χ0) is 18.0. The fourth-order valence-corrected chi connectivity index (χ4v) is 2.20. The minimum Gasteiger partial charge on any atom is -0.444 e. The van der Waals surface area contributed by atoms with Crippen LogP contribution in [0.2, 0.25) is 0 Å². The maximum Gasteiger partial charge on any atom is 0.408 e. The number of benzene rings is 1. The number of alkyl carbamates (subject to hydrolysis) is 1. The molecule has 0 aliphatic rings. The Hall–Kier alpha value is -2.88. The van der Waals surface area contributed by atoms with Gasteiger partial charge in [0.05, 0.1) is 17.5 Å². The average Bonchev–Trinajstić information content (AvgIpc) is 2.99. The fraction of sp³-hybridized carbons (Fsp3) is 0.353. The second kappa shape index (κ2) is 6.32. The van der Waals surface area contributed by atoms with Crippen molar-refractivity contribution in [2.75, 3.05) is 0 Å². The number of hydrogen-bond donors (Lipinski definition) is 2. The van der Waals surface area contributed by atoms with Gasteiger partial charge in [-0.25, -0.2) is 14.2 Å². The molecule has 1 amide bonds. The molecule has 0 spiro atoms. The summed E-state index contributed by atoms with van der Waals surface area (Å²) in [5, 5.41) is 11.6. The molecule has 7 heteroatoms. The second-order valence-electron chi connectivity index (χ2n) is 6.47. The van der Waals surface area contributed by atoms with Crippen molar-refractivity contribution in [2.45, 2.75) is 38.8 Å². The smallest absolute Gasteiger partial charge is 0.408 e. The number of ether oxygens (including phenoxy) is 1. The van der Waals surface area contributed by atoms with Gasteiger partial charge < -0.3 is 15.0 Å². The Morgan fingerprint density at radius 3 is 2.62 bits per heavy atom. The molecule has 0 saturated heterocycles. The van der Waals surface area contributed by atoms with Gasteiger partial charge in [-0.1, -0.05) is 6.07 Å². The van der Waals surface area contributed by atoms with Crippen LogP contribution in [0.5, 0.6) is 0 Å². The zero-order valence-electron chi connectivity index (χ0n) is 13.9. The monoisotopic (exact) mass is 329 g/mol. The topological polar surface area (TPSA) is 90.8 Å². The van der Waals surface area contributed by atoms with E-state index in [-0.39, 0.29) is 5.56 Å². The standard InChI is InChI=1S/C17H18FN4O2/c1-16(2,3)24-15(23)22-17(4,14-9-20-10-21-14)12-6-5-11(8-19)13(18)7-12/h5-7,9H,1-4H3,(H,20,21)(H,22,23). The van der Waals surface area contributed by atoms with Gasteiger partial charge in [0, 0.05) is 0 Å². The molecular formula is C17H18FN4O2. The summed E-state index contributed by atoms with van der Waals surface area (Å²) in [5.41, 5.74) is -0.958. The first kappa shape index (κ1) is 17.5. The molecule has 0 fully saturated rings. The van der Waals surface area contributed by atoms with E-state index in [2.05, 4.69) is 21.6 Å². The maximum absolute atomic E-state index is 14.0. The zero-order valence-corrected chi connectivity index (χ0v) is 13.9. The van der Waals surface area contributed by atoms with Crippen molar-refractivity contribution in [3.05, 3.63) is 53.4 Å². The first-order chi connectivity index (χ1) is 11.2. The molecule has 2 aromatic rings. The Morgan fingerprint density at radius 1 is 1.42 bits per heavy atom. The Labute approximate surface area is 139 Å². The molecule has 6 nitrogen and oxygen atoms in total. The van der Waals surface area contributed by atoms with E-state index in [0.717, 1.165) is 0 Å². The number of nitrogens with one attached hydrogen (secondary N) is 2. The summed E-state index contributed by atoms with van der Waals surface area (Å²) in [6, 6.07) is 5.90. The van der Waals surface area contributed by atoms with E-state index < -0.39 is 23.1 Å². The highest BCUT2D eigenvalue weighted by Crippen LogP contribution is 2.29. The third-order valence-corrected chi connectivity index (χ3v) is 3.41. The van der Waals surface area contributed by atoms with Gasteiger partial charge in [0.15, 0.2) is 6.33 Å². The molecule has 0 saturated carbocycles. The van der Waals surface area contributed by atoms with Crippen molar-refractivity contribution in [3.8, 4) is 6.07 Å². The van der Waals surface area contributed by atoms with E-state index >= 15 is 0 Å². The van der Waals surface area contributed by atoms with E-state index in [4.69, 9.17) is 10.00 Å². The van der Waals surface area contributed by atoms with Crippen molar-refractivity contribution >= 4 is 6.09 Å². The molecule has 2 N–H and O–H groups in total. The second-order valence-corrected chi connectivity index (χ2v) is 6.47. The quantitative estimate of drug-likeness (QED) is 0.905. The van der Waals surface area contributed by atoms with Crippen LogP contribution in [-0.4, -0.2) is 21.7 Å². The van der Waals surface area contributed by atoms with Crippen molar-refractivity contribution in [1.29, 1.82) is 5.26 Å². The van der Waals surface area contributed by atoms with Crippen LogP contribution in [0.1, 0.15) is 44.5 Å². The summed E-state index contributed by atoms with van der Waals surface area (Å²) in [6.07, 6.45) is 3.37. The number of carbonyl (C=O) groups excluding carboxylic acids is 1. The molecular weight excluding hydrogens is 311 g/mol. The molecule has 1 atom stereocenters. The van der Waals surface area contributed by atoms with Gasteiger partial charge in [-0.3, -0.25) is 0 Å². The largest absolute Gasteiger partial charge is 0.444 e. The van der Waals surface area contributed by atoms with Crippen molar-refractivity contribution in [1.82, 2.24) is 15.3 Å². The number of halogens is 1. The van der Waals surface area contributed by atoms with Crippen molar-refractivity contribution in [2.24, 2.45) is 0 Å². The number of amides is 1. The van der Waals surface area contributed by atoms with Crippen LogP contribution in [0.4, 0.5) is 9.18 Å². The summed E-state index contributed by atoms with van der Waals surface area (Å²) >= 11 is 0. The number of nitriles is 1. The van der Waals surface area contributed by atoms with Gasteiger partial charge in [0.25, 0.3) is 0 Å². The number of nitrogens with zero attached hydrogens (tertiary/aromatic N) is 2. The number of imidazole rings is 1. The first-order valence-corrected chi connectivity index (χ1v) is 7.28. The van der Waals surface area contributed by atoms with Crippen LogP contribution in [-0.2, 0) is 10.3 Å². The van der Waals surface area contributed by atoms with Gasteiger partial charge in [-0.05, 0) is 45.4 Å². The molecule has 0 aliphatic carbocycles. The molecule has 125 valence electrons. The van der Waals surface area contributed by atoms with E-state index in [1.54, 1.807) is 39.8 Å². The number of H-pyrrole nitrogens is 1. The molecule has 24 heavy (non-hydrogen) atoms. The lowest BCUT2D eigenvalue weighted by atomic mass is 9.88. The Bertz CT molecular complexity index is 775. The van der Waals surface area contributed by atoms with Crippen LogP contribution in [0, 0.1) is 23.5 Å². The van der Waals surface area contributed by atoms with Crippen LogP contribution >= 0.6 is 0 Å². The first-order valence-electron chi connectivity index (χ1n) is 7.28. The minimum absolute atomic E-state index is 0.0745. The Morgan fingerprint density at radius 2 is 2.12 bits per heavy atom. The molecule has 0 aliphatic heterocycles. The number of carbonyl (C=O) groups is 1. The van der Waals surface area contributed by atoms with Crippen LogP contribution in [0.3, 0.4) is 0 Å². The van der Waals surface area contributed by atoms with Gasteiger partial charge in [0.2, 0.25) is 0 Å². The van der Waals surface area contributed by atoms with E-state index in [9.17, 15) is 9.18 Å². The number of aromatic nitrogens is 2. The highest BCUT2D eigenvalue weighted by atomic mass is 19.1. The molecule has 2 rings (SSSR count). The summed E-state index contributed by atoms with van der Waals surface area (Å²) in [4.78, 5) is 18.9. The van der Waals surface area contributed by atoms with E-state index in [1.807, 2.05) is 0 Å². The molecule has 1 aromatic carbocycles. The normalized spacial score (nSPS) is 13.7. The van der Waals surface area contributed by atoms with Gasteiger partial charge in [-0.2, -0.15) is 5.26 Å². The number of aromatic amines is 1. The van der Waals surface area contributed by atoms with E-state index in [0.29, 0.717) is 11.3 Å². The van der Waals surface area contributed by atoms with Gasteiger partial charge in [0.1, 0.15) is 23.0 Å². The summed E-state index contributed by atoms with van der Waals surface area (Å²) in [5.74, 6) is -0.671. The number of hydrogen-bond acceptors (Lipinski definition) is 4. The summed E-state index contributed by atoms with van der Waals surface area (Å²) < 4.78 is 19.3. The lowest BCUT2D eigenvalue weighted by Crippen LogP contribution is -2.46. The van der Waals surface area contributed by atoms with Crippen LogP contribution < -0.4 is 5.32 Å². The van der Waals surface area contributed by atoms with Gasteiger partial charge >= 0.3 is 6.09 Å². The predicted octanol–water partition coefficient (Wildman–Crippen LogP) is 3.01. The molecule has 0 bridgehead atoms. The Kier molecular flexibility index (Phi) is 4.60. The third-order valence-electron chi connectivity index (χ3n) is 3.41. The van der Waals surface area contributed by atoms with E-state index in [1.165, 1.54) is 18.3 Å². The molecule has 1 unspecified atom stereocenters. The fourth-order valence-electron chi connectivity index (χ4n) is 2.20. The minimum atomic E-state index is -1.13. The van der Waals surface area contributed by atoms with Gasteiger partial charge in [-0.15, -0.1) is 0 Å². The van der Waals surface area contributed by atoms with Crippen molar-refractivity contribution < 1.29 is 13.9 Å². The van der Waals surface area contributed by atoms with Crippen LogP contribution in [0.15, 0.2) is 24.4 Å². The SMILES string of the molecule is CC(C)(C)OC(=O)NC(C)(c1ccc(C#N)c(F)c1)c1cn[c][nH]1. The Balaban J connectivity index is 2.44. The maximum atomic E-state index is 14.0. The average molecular weight is 329 g/mol. The summed E-state index contributed by atoms with van der Waals surface area (Å²) in [7, 11) is 0. The molecule has 1 heterocycles. The lowest BCUT2D eigenvalue weighted by molar-refractivity contribution is 0.0477. The summed E-state index contributed by atoms with van der Waals surface area (Å²) in [6.45, 7) is 6.92. The third kappa shape index (κ3) is 3.71. The molecule has 1 aromatic heterocycles. The highest BCUT2D eigenvalue weighted by Gasteiger charge is 2.34.